The molecule has 9 nitrogen and oxygen atoms in total. The third-order valence-electron chi connectivity index (χ3n) is 6.12. The normalized spacial score (nSPS) is 12.5. The minimum atomic E-state index is -4.79. The quantitative estimate of drug-likeness (QED) is 0.228. The number of carbonyl (C=O) groups is 2. The molecule has 2 N–H and O–H groups in total. The Hall–Kier alpha value is -4.78. The number of nitrogens with zero attached hydrogens (tertiary/aromatic N) is 2. The Morgan fingerprint density at radius 3 is 2.40 bits per heavy atom. The number of anilines is 2. The van der Waals surface area contributed by atoms with E-state index in [-0.39, 0.29) is 25.3 Å². The Balaban J connectivity index is 1.41. The molecule has 1 aliphatic rings. The van der Waals surface area contributed by atoms with Crippen molar-refractivity contribution in [2.75, 3.05) is 24.7 Å². The number of halogens is 3. The van der Waals surface area contributed by atoms with Crippen molar-refractivity contribution in [3.63, 3.8) is 0 Å². The molecule has 0 fully saturated rings. The van der Waals surface area contributed by atoms with Crippen LogP contribution in [0.2, 0.25) is 0 Å². The number of aromatic nitrogens is 1. The SMILES string of the molecule is O=C(O)CCNC(=O)c1ccc(N(Cc2ccc(OC(F)(F)F)cc2)c2nc(-c3ccc4c(c3)OCCO4)cs2)cc1. The summed E-state index contributed by atoms with van der Waals surface area (Å²) in [5.41, 5.74) is 3.23. The number of aliphatic carboxylic acids is 1. The summed E-state index contributed by atoms with van der Waals surface area (Å²) in [4.78, 5) is 29.8. The van der Waals surface area contributed by atoms with E-state index in [4.69, 9.17) is 19.6 Å². The number of ether oxygens (including phenoxy) is 3. The van der Waals surface area contributed by atoms with E-state index in [1.807, 2.05) is 28.5 Å². The smallest absolute Gasteiger partial charge is 0.486 e. The van der Waals surface area contributed by atoms with Gasteiger partial charge in [0.2, 0.25) is 0 Å². The van der Waals surface area contributed by atoms with Gasteiger partial charge in [-0.2, -0.15) is 0 Å². The molecule has 13 heteroatoms. The molecule has 1 aromatic heterocycles. The molecule has 218 valence electrons. The molecule has 42 heavy (non-hydrogen) atoms. The van der Waals surface area contributed by atoms with Gasteiger partial charge in [-0.05, 0) is 60.2 Å². The third-order valence-corrected chi connectivity index (χ3v) is 6.99. The van der Waals surface area contributed by atoms with Crippen LogP contribution in [0.5, 0.6) is 17.2 Å². The molecule has 0 atom stereocenters. The summed E-state index contributed by atoms with van der Waals surface area (Å²) in [7, 11) is 0. The average molecular weight is 600 g/mol. The number of fused-ring (bicyclic) bond motifs is 1. The molecule has 5 rings (SSSR count). The highest BCUT2D eigenvalue weighted by Gasteiger charge is 2.31. The summed E-state index contributed by atoms with van der Waals surface area (Å²) in [5, 5.41) is 13.8. The van der Waals surface area contributed by atoms with Gasteiger partial charge in [-0.25, -0.2) is 4.98 Å². The van der Waals surface area contributed by atoms with Crippen LogP contribution in [0.15, 0.2) is 72.1 Å². The molecule has 3 aromatic carbocycles. The zero-order valence-electron chi connectivity index (χ0n) is 21.9. The van der Waals surface area contributed by atoms with E-state index in [1.165, 1.54) is 35.6 Å². The standard InChI is InChI=1S/C29H24F3N3O6S/c30-29(31,32)41-22-8-1-18(2-9-22)16-35(21-6-3-19(4-7-21)27(38)33-12-11-26(36)37)28-34-23(17-42-28)20-5-10-24-25(15-20)40-14-13-39-24/h1-10,15,17H,11-14,16H2,(H,33,38)(H,36,37). The predicted molar refractivity (Wildman–Crippen MR) is 149 cm³/mol. The minimum Gasteiger partial charge on any atom is -0.486 e. The maximum atomic E-state index is 12.6. The molecule has 0 saturated heterocycles. The highest BCUT2D eigenvalue weighted by molar-refractivity contribution is 7.14. The Labute approximate surface area is 242 Å². The lowest BCUT2D eigenvalue weighted by molar-refractivity contribution is -0.274. The van der Waals surface area contributed by atoms with Crippen LogP contribution in [0, 0.1) is 0 Å². The van der Waals surface area contributed by atoms with E-state index in [9.17, 15) is 22.8 Å². The summed E-state index contributed by atoms with van der Waals surface area (Å²) in [6.45, 7) is 1.18. The number of rotatable bonds is 10. The monoisotopic (exact) mass is 599 g/mol. The van der Waals surface area contributed by atoms with E-state index in [0.717, 1.165) is 5.56 Å². The number of alkyl halides is 3. The molecule has 0 bridgehead atoms. The third kappa shape index (κ3) is 7.29. The van der Waals surface area contributed by atoms with Crippen LogP contribution in [0.25, 0.3) is 11.3 Å². The molecule has 1 amide bonds. The molecule has 4 aromatic rings. The van der Waals surface area contributed by atoms with Crippen LogP contribution in [-0.4, -0.2) is 48.1 Å². The molecule has 0 saturated carbocycles. The van der Waals surface area contributed by atoms with Gasteiger partial charge in [-0.3, -0.25) is 9.59 Å². The van der Waals surface area contributed by atoms with Crippen molar-refractivity contribution in [2.24, 2.45) is 0 Å². The zero-order valence-corrected chi connectivity index (χ0v) is 22.7. The van der Waals surface area contributed by atoms with E-state index in [1.54, 1.807) is 24.3 Å². The Bertz CT molecular complexity index is 1560. The second kappa shape index (κ2) is 12.4. The van der Waals surface area contributed by atoms with E-state index in [2.05, 4.69) is 10.1 Å². The second-order valence-electron chi connectivity index (χ2n) is 9.10. The van der Waals surface area contributed by atoms with Gasteiger partial charge in [0.05, 0.1) is 18.7 Å². The average Bonchev–Trinajstić information content (AvgIpc) is 3.46. The number of thiazole rings is 1. The number of carboxylic acids is 1. The fourth-order valence-corrected chi connectivity index (χ4v) is 5.00. The Morgan fingerprint density at radius 2 is 1.71 bits per heavy atom. The number of carboxylic acid groups (broad SMARTS) is 1. The number of nitrogens with one attached hydrogen (secondary N) is 1. The first-order chi connectivity index (χ1) is 20.1. The summed E-state index contributed by atoms with van der Waals surface area (Å²) < 4.78 is 53.1. The van der Waals surface area contributed by atoms with Crippen molar-refractivity contribution in [3.8, 4) is 28.5 Å². The molecule has 0 aliphatic carbocycles. The number of amides is 1. The summed E-state index contributed by atoms with van der Waals surface area (Å²) >= 11 is 1.37. The molecular weight excluding hydrogens is 575 g/mol. The number of benzene rings is 3. The Kier molecular flexibility index (Phi) is 8.48. The molecule has 0 radical (unpaired) electrons. The predicted octanol–water partition coefficient (Wildman–Crippen LogP) is 6.02. The first-order valence-electron chi connectivity index (χ1n) is 12.7. The van der Waals surface area contributed by atoms with Crippen LogP contribution in [0.4, 0.5) is 24.0 Å². The lowest BCUT2D eigenvalue weighted by Crippen LogP contribution is -2.26. The lowest BCUT2D eigenvalue weighted by atomic mass is 10.1. The van der Waals surface area contributed by atoms with E-state index < -0.39 is 18.2 Å². The Morgan fingerprint density at radius 1 is 1.00 bits per heavy atom. The van der Waals surface area contributed by atoms with Gasteiger partial charge in [0.15, 0.2) is 16.6 Å². The van der Waals surface area contributed by atoms with Gasteiger partial charge in [-0.1, -0.05) is 12.1 Å². The van der Waals surface area contributed by atoms with Gasteiger partial charge >= 0.3 is 12.3 Å². The van der Waals surface area contributed by atoms with Crippen LogP contribution in [-0.2, 0) is 11.3 Å². The highest BCUT2D eigenvalue weighted by atomic mass is 32.1. The minimum absolute atomic E-state index is 0.00214. The summed E-state index contributed by atoms with van der Waals surface area (Å²) in [5.74, 6) is -0.468. The first kappa shape index (κ1) is 28.7. The van der Waals surface area contributed by atoms with Gasteiger partial charge in [0.25, 0.3) is 5.91 Å². The maximum absolute atomic E-state index is 12.6. The fourth-order valence-electron chi connectivity index (χ4n) is 4.15. The van der Waals surface area contributed by atoms with Crippen LogP contribution >= 0.6 is 11.3 Å². The van der Waals surface area contributed by atoms with Gasteiger partial charge in [0.1, 0.15) is 19.0 Å². The van der Waals surface area contributed by atoms with Crippen molar-refractivity contribution < 1.29 is 42.1 Å². The first-order valence-corrected chi connectivity index (χ1v) is 13.6. The fraction of sp³-hybridized carbons (Fsp3) is 0.207. The van der Waals surface area contributed by atoms with Crippen molar-refractivity contribution in [3.05, 3.63) is 83.2 Å². The van der Waals surface area contributed by atoms with Crippen LogP contribution in [0.1, 0.15) is 22.3 Å². The number of carbonyl (C=O) groups excluding carboxylic acids is 1. The maximum Gasteiger partial charge on any atom is 0.573 e. The number of hydrogen-bond donors (Lipinski definition) is 2. The number of hydrogen-bond acceptors (Lipinski definition) is 8. The van der Waals surface area contributed by atoms with Crippen molar-refractivity contribution >= 4 is 34.0 Å². The molecule has 0 spiro atoms. The summed E-state index contributed by atoms with van der Waals surface area (Å²) in [6, 6.07) is 17.8. The van der Waals surface area contributed by atoms with Crippen LogP contribution < -0.4 is 24.4 Å². The highest BCUT2D eigenvalue weighted by Crippen LogP contribution is 2.38. The second-order valence-corrected chi connectivity index (χ2v) is 9.93. The van der Waals surface area contributed by atoms with Crippen molar-refractivity contribution in [1.82, 2.24) is 10.3 Å². The van der Waals surface area contributed by atoms with Crippen LogP contribution in [0.3, 0.4) is 0 Å². The topological polar surface area (TPSA) is 110 Å². The van der Waals surface area contributed by atoms with Gasteiger partial charge in [-0.15, -0.1) is 24.5 Å². The molecule has 2 heterocycles. The lowest BCUT2D eigenvalue weighted by Gasteiger charge is -2.23. The molecular formula is C29H24F3N3O6S. The van der Waals surface area contributed by atoms with E-state index in [0.29, 0.717) is 52.4 Å². The van der Waals surface area contributed by atoms with Crippen molar-refractivity contribution in [1.29, 1.82) is 0 Å². The molecule has 0 unspecified atom stereocenters. The zero-order chi connectivity index (χ0) is 29.7. The summed E-state index contributed by atoms with van der Waals surface area (Å²) in [6.07, 6.45) is -4.99. The van der Waals surface area contributed by atoms with Gasteiger partial charge < -0.3 is 29.5 Å². The van der Waals surface area contributed by atoms with E-state index >= 15 is 0 Å². The molecule has 1 aliphatic heterocycles. The largest absolute Gasteiger partial charge is 0.573 e. The van der Waals surface area contributed by atoms with Crippen molar-refractivity contribution in [2.45, 2.75) is 19.3 Å². The van der Waals surface area contributed by atoms with Gasteiger partial charge in [0, 0.05) is 28.7 Å².